The number of nitrogens with two attached hydrogens (primary N) is 1. The number of hydrogen-bond acceptors (Lipinski definition) is 1. The van der Waals surface area contributed by atoms with Crippen LogP contribution in [0.4, 0.5) is 0 Å². The van der Waals surface area contributed by atoms with Gasteiger partial charge < -0.3 is 10.3 Å². The normalized spacial score (nSPS) is 12.1. The van der Waals surface area contributed by atoms with E-state index in [1.165, 1.54) is 71.8 Å². The summed E-state index contributed by atoms with van der Waals surface area (Å²) in [7, 11) is 0. The van der Waals surface area contributed by atoms with Gasteiger partial charge in [0.05, 0.1) is 5.52 Å². The summed E-state index contributed by atoms with van der Waals surface area (Å²) in [4.78, 5) is 0. The average Bonchev–Trinajstić information content (AvgIpc) is 3.44. The maximum atomic E-state index is 5.58. The van der Waals surface area contributed by atoms with Crippen molar-refractivity contribution >= 4 is 33.3 Å². The highest BCUT2D eigenvalue weighted by Gasteiger charge is 2.18. The predicted octanol–water partition coefficient (Wildman–Crippen LogP) is 12.2. The Hall–Kier alpha value is -6.12. The molecule has 0 bridgehead atoms. The third kappa shape index (κ3) is 5.81. The van der Waals surface area contributed by atoms with E-state index in [9.17, 15) is 0 Å². The number of hydrogen-bond donors (Lipinski definition) is 1. The van der Waals surface area contributed by atoms with E-state index in [1.807, 2.05) is 24.3 Å². The van der Waals surface area contributed by atoms with Gasteiger partial charge in [-0.15, -0.1) is 0 Å². The van der Waals surface area contributed by atoms with Gasteiger partial charge in [-0.2, -0.15) is 0 Å². The smallest absolute Gasteiger partial charge is 0.0615 e. The van der Waals surface area contributed by atoms with E-state index in [0.29, 0.717) is 0 Å². The van der Waals surface area contributed by atoms with Crippen molar-refractivity contribution in [1.29, 1.82) is 0 Å². The molecular formula is C46H38N2. The Balaban J connectivity index is 1.48. The Morgan fingerprint density at radius 2 is 1.27 bits per heavy atom. The van der Waals surface area contributed by atoms with Gasteiger partial charge >= 0.3 is 0 Å². The molecule has 6 aromatic carbocycles. The largest absolute Gasteiger partial charge is 0.405 e. The summed E-state index contributed by atoms with van der Waals surface area (Å²) < 4.78 is 2.44. The lowest BCUT2D eigenvalue weighted by Gasteiger charge is -2.16. The monoisotopic (exact) mass is 618 g/mol. The van der Waals surface area contributed by atoms with E-state index in [0.717, 1.165) is 11.4 Å². The summed E-state index contributed by atoms with van der Waals surface area (Å²) in [5.41, 5.74) is 19.7. The Morgan fingerprint density at radius 1 is 0.625 bits per heavy atom. The molecule has 1 aromatic heterocycles. The average molecular weight is 619 g/mol. The first-order chi connectivity index (χ1) is 23.6. The van der Waals surface area contributed by atoms with Crippen LogP contribution in [0.25, 0.3) is 72.4 Å². The Labute approximate surface area is 283 Å². The van der Waals surface area contributed by atoms with Gasteiger partial charge in [0.25, 0.3) is 0 Å². The fraction of sp³-hybridized carbons (Fsp3) is 0.0435. The molecule has 0 unspecified atom stereocenters. The lowest BCUT2D eigenvalue weighted by molar-refractivity contribution is 1.10. The van der Waals surface area contributed by atoms with Gasteiger partial charge in [-0.25, -0.2) is 0 Å². The van der Waals surface area contributed by atoms with Crippen molar-refractivity contribution in [3.8, 4) is 39.1 Å². The molecule has 0 saturated carbocycles. The van der Waals surface area contributed by atoms with Gasteiger partial charge in [-0.1, -0.05) is 128 Å². The third-order valence-electron chi connectivity index (χ3n) is 9.13. The van der Waals surface area contributed by atoms with Crippen LogP contribution in [0.2, 0.25) is 0 Å². The highest BCUT2D eigenvalue weighted by molar-refractivity contribution is 6.10. The quantitative estimate of drug-likeness (QED) is 0.169. The van der Waals surface area contributed by atoms with Crippen molar-refractivity contribution in [3.05, 3.63) is 187 Å². The number of aryl methyl sites for hydroxylation is 1. The Kier molecular flexibility index (Phi) is 8.47. The zero-order valence-electron chi connectivity index (χ0n) is 27.4. The number of benzene rings is 6. The summed E-state index contributed by atoms with van der Waals surface area (Å²) in [6.45, 7) is 8.32. The van der Waals surface area contributed by atoms with Crippen LogP contribution in [-0.4, -0.2) is 4.57 Å². The molecular weight excluding hydrogens is 581 g/mol. The number of nitrogens with zero attached hydrogens (tertiary/aromatic N) is 1. The zero-order valence-corrected chi connectivity index (χ0v) is 27.4. The van der Waals surface area contributed by atoms with Crippen LogP contribution in [-0.2, 0) is 0 Å². The number of allylic oxidation sites excluding steroid dienone is 5. The highest BCUT2D eigenvalue weighted by Crippen LogP contribution is 2.39. The summed E-state index contributed by atoms with van der Waals surface area (Å²) >= 11 is 0. The number of rotatable bonds is 8. The van der Waals surface area contributed by atoms with E-state index < -0.39 is 0 Å². The third-order valence-corrected chi connectivity index (χ3v) is 9.13. The van der Waals surface area contributed by atoms with Crippen LogP contribution in [0.5, 0.6) is 0 Å². The molecule has 232 valence electrons. The minimum Gasteiger partial charge on any atom is -0.405 e. The van der Waals surface area contributed by atoms with Crippen molar-refractivity contribution in [2.75, 3.05) is 0 Å². The number of fused-ring (bicyclic) bond motifs is 3. The van der Waals surface area contributed by atoms with Gasteiger partial charge in [0, 0.05) is 22.2 Å². The van der Waals surface area contributed by atoms with Crippen molar-refractivity contribution in [2.24, 2.45) is 5.73 Å². The van der Waals surface area contributed by atoms with Crippen molar-refractivity contribution < 1.29 is 0 Å². The van der Waals surface area contributed by atoms with E-state index in [4.69, 9.17) is 5.73 Å². The van der Waals surface area contributed by atoms with Crippen LogP contribution in [0.1, 0.15) is 23.7 Å². The molecule has 0 saturated heterocycles. The second-order valence-electron chi connectivity index (χ2n) is 12.2. The molecule has 0 radical (unpaired) electrons. The minimum absolute atomic E-state index is 1.12. The first kappa shape index (κ1) is 30.5. The van der Waals surface area contributed by atoms with E-state index >= 15 is 0 Å². The fourth-order valence-electron chi connectivity index (χ4n) is 6.66. The molecule has 0 fully saturated rings. The standard InChI is InChI=1S/C46H38N2/c1-4-5-21-45-33(3)43-24-23-39-28-38(37-20-12-19-36(27-37)32(2)14-13-26-47)22-25-44(39)46(43)48(45)42-30-40(34-15-8-6-9-16-34)29-41(31-42)35-17-10-7-11-18-35/h4-31H,1,47H2,2-3H3/b21-5-,26-13-,32-14+. The minimum atomic E-state index is 1.12. The maximum absolute atomic E-state index is 5.58. The molecule has 48 heavy (non-hydrogen) atoms. The molecule has 2 N–H and O–H groups in total. The van der Waals surface area contributed by atoms with Crippen LogP contribution in [0, 0.1) is 6.92 Å². The Bertz CT molecular complexity index is 2310. The molecule has 1 heterocycles. The molecule has 0 aliphatic carbocycles. The topological polar surface area (TPSA) is 30.9 Å². The van der Waals surface area contributed by atoms with E-state index in [2.05, 4.69) is 165 Å². The Morgan fingerprint density at radius 3 is 1.94 bits per heavy atom. The van der Waals surface area contributed by atoms with Gasteiger partial charge in [0.15, 0.2) is 0 Å². The van der Waals surface area contributed by atoms with Crippen LogP contribution >= 0.6 is 0 Å². The summed E-state index contributed by atoms with van der Waals surface area (Å²) in [6.07, 6.45) is 11.5. The molecule has 0 aliphatic rings. The van der Waals surface area contributed by atoms with Gasteiger partial charge in [0.2, 0.25) is 0 Å². The molecule has 0 spiro atoms. The van der Waals surface area contributed by atoms with Crippen molar-refractivity contribution in [2.45, 2.75) is 13.8 Å². The molecule has 7 aromatic rings. The second-order valence-corrected chi connectivity index (χ2v) is 12.2. The van der Waals surface area contributed by atoms with E-state index in [-0.39, 0.29) is 0 Å². The SMILES string of the molecule is C=C/C=C\c1c(C)c2ccc3cc(-c4cccc(/C(C)=C/C=C\N)c4)ccc3c2n1-c1cc(-c2ccccc2)cc(-c2ccccc2)c1. The summed E-state index contributed by atoms with van der Waals surface area (Å²) in [5.74, 6) is 0. The van der Waals surface area contributed by atoms with Gasteiger partial charge in [0.1, 0.15) is 0 Å². The maximum Gasteiger partial charge on any atom is 0.0615 e. The summed E-state index contributed by atoms with van der Waals surface area (Å²) in [5, 5.41) is 3.65. The summed E-state index contributed by atoms with van der Waals surface area (Å²) in [6, 6.07) is 48.3. The lowest BCUT2D eigenvalue weighted by atomic mass is 9.96. The molecule has 0 atom stereocenters. The first-order valence-corrected chi connectivity index (χ1v) is 16.3. The zero-order chi connectivity index (χ0) is 33.0. The van der Waals surface area contributed by atoms with Gasteiger partial charge in [-0.05, 0) is 118 Å². The van der Waals surface area contributed by atoms with Crippen molar-refractivity contribution in [3.63, 3.8) is 0 Å². The molecule has 2 nitrogen and oxygen atoms in total. The predicted molar refractivity (Wildman–Crippen MR) is 208 cm³/mol. The first-order valence-electron chi connectivity index (χ1n) is 16.3. The molecule has 0 aliphatic heterocycles. The van der Waals surface area contributed by atoms with E-state index in [1.54, 1.807) is 6.20 Å². The van der Waals surface area contributed by atoms with Crippen LogP contribution in [0.15, 0.2) is 171 Å². The fourth-order valence-corrected chi connectivity index (χ4v) is 6.66. The van der Waals surface area contributed by atoms with Crippen molar-refractivity contribution in [1.82, 2.24) is 4.57 Å². The second kappa shape index (κ2) is 13.3. The molecule has 0 amide bonds. The molecule has 7 rings (SSSR count). The molecule has 2 heteroatoms. The lowest BCUT2D eigenvalue weighted by Crippen LogP contribution is -1.99. The number of aromatic nitrogens is 1. The highest BCUT2D eigenvalue weighted by atomic mass is 15.0. The van der Waals surface area contributed by atoms with Gasteiger partial charge in [-0.3, -0.25) is 0 Å². The van der Waals surface area contributed by atoms with Crippen LogP contribution in [0.3, 0.4) is 0 Å². The van der Waals surface area contributed by atoms with Crippen LogP contribution < -0.4 is 5.73 Å².